The first-order chi connectivity index (χ1) is 20.0. The first-order valence-electron chi connectivity index (χ1n) is 14.6. The maximum absolute atomic E-state index is 13.8. The van der Waals surface area contributed by atoms with Gasteiger partial charge in [-0.2, -0.15) is 0 Å². The van der Waals surface area contributed by atoms with Gasteiger partial charge in [0.2, 0.25) is 17.4 Å². The van der Waals surface area contributed by atoms with Crippen LogP contribution in [0, 0.1) is 11.8 Å². The lowest BCUT2D eigenvalue weighted by Gasteiger charge is -2.30. The number of nitrogens with two attached hydrogens (primary N) is 1. The van der Waals surface area contributed by atoms with Crippen molar-refractivity contribution in [1.29, 1.82) is 0 Å². The van der Waals surface area contributed by atoms with E-state index in [2.05, 4.69) is 5.32 Å². The summed E-state index contributed by atoms with van der Waals surface area (Å²) in [5.74, 6) is -1.38. The number of amides is 5. The monoisotopic (exact) mass is 574 g/mol. The standard InChI is InChI=1S/C32H38N4O6/c1-19(2)15-26(28(33)38)34-29(39)24-11-12-25-23(16-24)13-14-32(25)30(40)36(31(41)42-32)18-27(37)35(20(3)22-9-10-22)17-21-7-5-4-6-8-21/h4-8,11-12,16,19-20,22,26H,9-10,13-15,17-18H2,1-3H3,(H2,33,38)(H,34,39). The number of primary amides is 1. The zero-order chi connectivity index (χ0) is 30.2. The van der Waals surface area contributed by atoms with Gasteiger partial charge in [-0.15, -0.1) is 0 Å². The fourth-order valence-corrected chi connectivity index (χ4v) is 6.05. The molecule has 5 amide bonds. The minimum absolute atomic E-state index is 0.0214. The summed E-state index contributed by atoms with van der Waals surface area (Å²) in [5.41, 5.74) is 6.44. The molecule has 2 fully saturated rings. The summed E-state index contributed by atoms with van der Waals surface area (Å²) >= 11 is 0. The summed E-state index contributed by atoms with van der Waals surface area (Å²) in [4.78, 5) is 67.8. The zero-order valence-corrected chi connectivity index (χ0v) is 24.3. The van der Waals surface area contributed by atoms with Gasteiger partial charge in [0, 0.05) is 30.1 Å². The summed E-state index contributed by atoms with van der Waals surface area (Å²) in [5, 5.41) is 2.69. The van der Waals surface area contributed by atoms with Crippen LogP contribution in [0.15, 0.2) is 48.5 Å². The van der Waals surface area contributed by atoms with Gasteiger partial charge in [-0.25, -0.2) is 9.69 Å². The normalized spacial score (nSPS) is 20.8. The lowest BCUT2D eigenvalue weighted by molar-refractivity contribution is -0.143. The molecule has 3 unspecified atom stereocenters. The van der Waals surface area contributed by atoms with E-state index in [0.29, 0.717) is 42.0 Å². The Bertz CT molecular complexity index is 1400. The predicted molar refractivity (Wildman–Crippen MR) is 154 cm³/mol. The highest BCUT2D eigenvalue weighted by molar-refractivity contribution is 6.06. The molecule has 1 saturated heterocycles. The molecule has 10 heteroatoms. The number of nitrogens with zero attached hydrogens (tertiary/aromatic N) is 2. The Morgan fingerprint density at radius 1 is 1.10 bits per heavy atom. The van der Waals surface area contributed by atoms with Crippen LogP contribution >= 0.6 is 0 Å². The van der Waals surface area contributed by atoms with E-state index in [1.54, 1.807) is 23.1 Å². The molecule has 1 aliphatic heterocycles. The van der Waals surface area contributed by atoms with Crippen molar-refractivity contribution < 1.29 is 28.7 Å². The third kappa shape index (κ3) is 5.75. The topological polar surface area (TPSA) is 139 Å². The van der Waals surface area contributed by atoms with Crippen LogP contribution in [-0.2, 0) is 37.7 Å². The number of hydrogen-bond donors (Lipinski definition) is 2. The summed E-state index contributed by atoms with van der Waals surface area (Å²) in [6, 6.07) is 13.6. The number of hydrogen-bond acceptors (Lipinski definition) is 6. The van der Waals surface area contributed by atoms with Crippen molar-refractivity contribution in [2.24, 2.45) is 17.6 Å². The molecular formula is C32H38N4O6. The number of benzene rings is 2. The second kappa shape index (κ2) is 11.6. The SMILES string of the molecule is CC(C)CC(NC(=O)c1ccc2c(c1)CCC21OC(=O)N(CC(=O)N(Cc2ccccc2)C(C)C2CC2)C1=O)C(N)=O. The van der Waals surface area contributed by atoms with Crippen LogP contribution in [0.25, 0.3) is 0 Å². The lowest BCUT2D eigenvalue weighted by atomic mass is 9.94. The molecule has 222 valence electrons. The Morgan fingerprint density at radius 2 is 1.81 bits per heavy atom. The van der Waals surface area contributed by atoms with E-state index < -0.39 is 42.0 Å². The van der Waals surface area contributed by atoms with Gasteiger partial charge in [0.05, 0.1) is 0 Å². The first kappa shape index (κ1) is 29.3. The molecule has 10 nitrogen and oxygen atoms in total. The highest BCUT2D eigenvalue weighted by atomic mass is 16.6. The molecule has 42 heavy (non-hydrogen) atoms. The number of rotatable bonds is 11. The van der Waals surface area contributed by atoms with Crippen molar-refractivity contribution in [3.63, 3.8) is 0 Å². The second-order valence-electron chi connectivity index (χ2n) is 12.1. The lowest BCUT2D eigenvalue weighted by Crippen LogP contribution is -2.47. The van der Waals surface area contributed by atoms with E-state index >= 15 is 0 Å². The van der Waals surface area contributed by atoms with E-state index in [1.165, 1.54) is 0 Å². The quantitative estimate of drug-likeness (QED) is 0.422. The number of nitrogens with one attached hydrogen (secondary N) is 1. The number of carbonyl (C=O) groups excluding carboxylic acids is 5. The van der Waals surface area contributed by atoms with E-state index in [0.717, 1.165) is 23.3 Å². The van der Waals surface area contributed by atoms with E-state index in [-0.39, 0.29) is 24.3 Å². The van der Waals surface area contributed by atoms with Gasteiger partial charge in [0.25, 0.3) is 11.8 Å². The van der Waals surface area contributed by atoms with Gasteiger partial charge in [-0.05, 0) is 67.7 Å². The molecule has 3 N–H and O–H groups in total. The minimum atomic E-state index is -1.53. The van der Waals surface area contributed by atoms with Gasteiger partial charge >= 0.3 is 6.09 Å². The summed E-state index contributed by atoms with van der Waals surface area (Å²) in [6.07, 6.45) is 2.28. The summed E-state index contributed by atoms with van der Waals surface area (Å²) in [7, 11) is 0. The molecule has 1 heterocycles. The highest BCUT2D eigenvalue weighted by Gasteiger charge is 2.58. The third-order valence-electron chi connectivity index (χ3n) is 8.58. The highest BCUT2D eigenvalue weighted by Crippen LogP contribution is 2.45. The maximum Gasteiger partial charge on any atom is 0.418 e. The van der Waals surface area contributed by atoms with Crippen LogP contribution in [0.5, 0.6) is 0 Å². The first-order valence-corrected chi connectivity index (χ1v) is 14.6. The molecule has 0 bridgehead atoms. The fourth-order valence-electron chi connectivity index (χ4n) is 6.05. The molecule has 1 saturated carbocycles. The average molecular weight is 575 g/mol. The van der Waals surface area contributed by atoms with Crippen LogP contribution in [0.1, 0.15) is 73.5 Å². The van der Waals surface area contributed by atoms with Crippen molar-refractivity contribution >= 4 is 29.7 Å². The number of imide groups is 1. The zero-order valence-electron chi connectivity index (χ0n) is 24.3. The molecule has 2 aromatic carbocycles. The van der Waals surface area contributed by atoms with Crippen molar-refractivity contribution in [1.82, 2.24) is 15.1 Å². The van der Waals surface area contributed by atoms with Crippen LogP contribution < -0.4 is 11.1 Å². The Balaban J connectivity index is 1.32. The van der Waals surface area contributed by atoms with Gasteiger partial charge in [-0.1, -0.05) is 50.2 Å². The van der Waals surface area contributed by atoms with Crippen LogP contribution in [-0.4, -0.2) is 58.2 Å². The number of aryl methyl sites for hydroxylation is 1. The molecule has 0 radical (unpaired) electrons. The van der Waals surface area contributed by atoms with Gasteiger partial charge in [0.15, 0.2) is 0 Å². The van der Waals surface area contributed by atoms with E-state index in [1.807, 2.05) is 51.1 Å². The minimum Gasteiger partial charge on any atom is -0.427 e. The van der Waals surface area contributed by atoms with Crippen LogP contribution in [0.2, 0.25) is 0 Å². The number of carbonyl (C=O) groups is 5. The van der Waals surface area contributed by atoms with Gasteiger partial charge in [0.1, 0.15) is 12.6 Å². The Kier molecular flexibility index (Phi) is 8.08. The molecule has 0 aromatic heterocycles. The fraction of sp³-hybridized carbons (Fsp3) is 0.469. The van der Waals surface area contributed by atoms with Crippen molar-refractivity contribution in [2.75, 3.05) is 6.54 Å². The maximum atomic E-state index is 13.8. The Labute approximate surface area is 245 Å². The Morgan fingerprint density at radius 3 is 2.45 bits per heavy atom. The molecule has 2 aromatic rings. The Hall–Kier alpha value is -4.21. The van der Waals surface area contributed by atoms with Crippen LogP contribution in [0.4, 0.5) is 4.79 Å². The van der Waals surface area contributed by atoms with Gasteiger partial charge < -0.3 is 20.7 Å². The second-order valence-corrected chi connectivity index (χ2v) is 12.1. The number of fused-ring (bicyclic) bond motifs is 2. The van der Waals surface area contributed by atoms with Gasteiger partial charge in [-0.3, -0.25) is 19.2 Å². The van der Waals surface area contributed by atoms with E-state index in [4.69, 9.17) is 10.5 Å². The smallest absolute Gasteiger partial charge is 0.418 e. The average Bonchev–Trinajstić information content (AvgIpc) is 3.71. The predicted octanol–water partition coefficient (Wildman–Crippen LogP) is 3.26. The molecular weight excluding hydrogens is 536 g/mol. The summed E-state index contributed by atoms with van der Waals surface area (Å²) in [6.45, 7) is 5.87. The molecule has 3 aliphatic rings. The third-order valence-corrected chi connectivity index (χ3v) is 8.58. The molecule has 3 atom stereocenters. The van der Waals surface area contributed by atoms with Crippen molar-refractivity contribution in [3.05, 3.63) is 70.8 Å². The molecule has 2 aliphatic carbocycles. The molecule has 5 rings (SSSR count). The van der Waals surface area contributed by atoms with E-state index in [9.17, 15) is 24.0 Å². The number of ether oxygens (including phenoxy) is 1. The van der Waals surface area contributed by atoms with Crippen LogP contribution in [0.3, 0.4) is 0 Å². The molecule has 1 spiro atoms. The largest absolute Gasteiger partial charge is 0.427 e. The van der Waals surface area contributed by atoms with Crippen molar-refractivity contribution in [2.45, 2.75) is 77.1 Å². The van der Waals surface area contributed by atoms with Crippen molar-refractivity contribution in [3.8, 4) is 0 Å². The summed E-state index contributed by atoms with van der Waals surface area (Å²) < 4.78 is 5.73.